The number of thiophene rings is 1. The molecule has 0 aliphatic carbocycles. The Hall–Kier alpha value is -2.01. The predicted octanol–water partition coefficient (Wildman–Crippen LogP) is 3.59. The number of nitrogens with one attached hydrogen (secondary N) is 1. The molecule has 2 aromatic heterocycles. The molecule has 0 bridgehead atoms. The second-order valence-electron chi connectivity index (χ2n) is 4.99. The van der Waals surface area contributed by atoms with Crippen LogP contribution in [0.2, 0.25) is 0 Å². The summed E-state index contributed by atoms with van der Waals surface area (Å²) in [4.78, 5) is 21.5. The van der Waals surface area contributed by atoms with E-state index in [1.54, 1.807) is 17.4 Å². The van der Waals surface area contributed by atoms with Crippen molar-refractivity contribution in [2.75, 3.05) is 0 Å². The van der Waals surface area contributed by atoms with Crippen molar-refractivity contribution in [1.29, 1.82) is 0 Å². The lowest BCUT2D eigenvalue weighted by Crippen LogP contribution is -2.12. The van der Waals surface area contributed by atoms with Gasteiger partial charge in [-0.2, -0.15) is 0 Å². The Bertz CT molecular complexity index is 866. The maximum absolute atomic E-state index is 13.2. The molecule has 0 radical (unpaired) electrons. The number of benzene rings is 1. The Kier molecular flexibility index (Phi) is 3.59. The normalized spacial score (nSPS) is 11.2. The van der Waals surface area contributed by atoms with E-state index in [1.807, 2.05) is 19.9 Å². The summed E-state index contributed by atoms with van der Waals surface area (Å²) in [6.07, 6.45) is 1.24. The van der Waals surface area contributed by atoms with Crippen LogP contribution in [0.25, 0.3) is 10.2 Å². The third-order valence-corrected chi connectivity index (χ3v) is 4.57. The van der Waals surface area contributed by atoms with Gasteiger partial charge in [-0.15, -0.1) is 11.3 Å². The van der Waals surface area contributed by atoms with Crippen LogP contribution in [0.1, 0.15) is 28.8 Å². The van der Waals surface area contributed by atoms with Gasteiger partial charge in [0.1, 0.15) is 16.5 Å². The van der Waals surface area contributed by atoms with Crippen LogP contribution in [-0.4, -0.2) is 9.97 Å². The fraction of sp³-hybridized carbons (Fsp3) is 0.250. The van der Waals surface area contributed by atoms with Crippen molar-refractivity contribution in [3.63, 3.8) is 0 Å². The number of aromatic nitrogens is 2. The van der Waals surface area contributed by atoms with Crippen LogP contribution in [0.15, 0.2) is 29.1 Å². The number of fused-ring (bicyclic) bond motifs is 1. The standard InChI is InChI=1S/C16H15FN2OS/c1-3-12-9(2)21-16-14(12)15(20)18-13(19-16)8-10-5-4-6-11(17)7-10/h4-7H,3,8H2,1-2H3,(H,18,19,20). The Balaban J connectivity index is 2.07. The Morgan fingerprint density at radius 2 is 2.19 bits per heavy atom. The quantitative estimate of drug-likeness (QED) is 0.803. The summed E-state index contributed by atoms with van der Waals surface area (Å²) in [6.45, 7) is 4.05. The van der Waals surface area contributed by atoms with E-state index in [9.17, 15) is 9.18 Å². The van der Waals surface area contributed by atoms with E-state index in [2.05, 4.69) is 9.97 Å². The summed E-state index contributed by atoms with van der Waals surface area (Å²) < 4.78 is 13.2. The number of hydrogen-bond acceptors (Lipinski definition) is 3. The molecular weight excluding hydrogens is 287 g/mol. The van der Waals surface area contributed by atoms with Gasteiger partial charge in [0, 0.05) is 11.3 Å². The molecule has 21 heavy (non-hydrogen) atoms. The molecule has 0 atom stereocenters. The molecule has 0 spiro atoms. The molecule has 3 rings (SSSR count). The maximum Gasteiger partial charge on any atom is 0.259 e. The molecule has 0 saturated heterocycles. The molecule has 0 amide bonds. The van der Waals surface area contributed by atoms with Crippen molar-refractivity contribution >= 4 is 21.6 Å². The summed E-state index contributed by atoms with van der Waals surface area (Å²) in [5.41, 5.74) is 1.76. The maximum atomic E-state index is 13.2. The smallest absolute Gasteiger partial charge is 0.259 e. The van der Waals surface area contributed by atoms with Crippen molar-refractivity contribution < 1.29 is 4.39 Å². The molecule has 3 aromatic rings. The number of halogens is 1. The van der Waals surface area contributed by atoms with Gasteiger partial charge in [0.25, 0.3) is 5.56 Å². The van der Waals surface area contributed by atoms with E-state index in [0.717, 1.165) is 27.3 Å². The summed E-state index contributed by atoms with van der Waals surface area (Å²) in [7, 11) is 0. The minimum atomic E-state index is -0.281. The van der Waals surface area contributed by atoms with Crippen LogP contribution in [0.5, 0.6) is 0 Å². The topological polar surface area (TPSA) is 45.8 Å². The first-order valence-electron chi connectivity index (χ1n) is 6.84. The first-order valence-corrected chi connectivity index (χ1v) is 7.65. The number of rotatable bonds is 3. The van der Waals surface area contributed by atoms with E-state index < -0.39 is 0 Å². The van der Waals surface area contributed by atoms with Gasteiger partial charge < -0.3 is 4.98 Å². The molecule has 5 heteroatoms. The minimum absolute atomic E-state index is 0.104. The molecule has 0 aliphatic rings. The Labute approximate surface area is 125 Å². The zero-order valence-corrected chi connectivity index (χ0v) is 12.7. The highest BCUT2D eigenvalue weighted by Gasteiger charge is 2.13. The number of hydrogen-bond donors (Lipinski definition) is 1. The van der Waals surface area contributed by atoms with Crippen LogP contribution in [0.4, 0.5) is 4.39 Å². The van der Waals surface area contributed by atoms with Gasteiger partial charge in [-0.1, -0.05) is 19.1 Å². The Morgan fingerprint density at radius 1 is 1.38 bits per heavy atom. The molecule has 1 aromatic carbocycles. The van der Waals surface area contributed by atoms with Gasteiger partial charge in [-0.3, -0.25) is 4.79 Å². The van der Waals surface area contributed by atoms with Crippen LogP contribution in [-0.2, 0) is 12.8 Å². The fourth-order valence-corrected chi connectivity index (χ4v) is 3.70. The highest BCUT2D eigenvalue weighted by molar-refractivity contribution is 7.18. The third-order valence-electron chi connectivity index (χ3n) is 3.53. The first-order chi connectivity index (χ1) is 10.1. The van der Waals surface area contributed by atoms with Crippen molar-refractivity contribution in [2.45, 2.75) is 26.7 Å². The Morgan fingerprint density at radius 3 is 2.90 bits per heavy atom. The second-order valence-corrected chi connectivity index (χ2v) is 6.19. The number of nitrogens with zero attached hydrogens (tertiary/aromatic N) is 1. The van der Waals surface area contributed by atoms with E-state index in [-0.39, 0.29) is 11.4 Å². The molecule has 0 fully saturated rings. The van der Waals surface area contributed by atoms with Crippen molar-refractivity contribution in [2.24, 2.45) is 0 Å². The lowest BCUT2D eigenvalue weighted by Gasteiger charge is -2.02. The van der Waals surface area contributed by atoms with Crippen LogP contribution in [0, 0.1) is 12.7 Å². The SMILES string of the molecule is CCc1c(C)sc2nc(Cc3cccc(F)c3)[nH]c(=O)c12. The van der Waals surface area contributed by atoms with Crippen molar-refractivity contribution in [3.8, 4) is 0 Å². The molecule has 3 nitrogen and oxygen atoms in total. The third kappa shape index (κ3) is 2.61. The fourth-order valence-electron chi connectivity index (χ4n) is 2.57. The second kappa shape index (κ2) is 5.41. The zero-order valence-electron chi connectivity index (χ0n) is 11.9. The van der Waals surface area contributed by atoms with Crippen LogP contribution in [0.3, 0.4) is 0 Å². The molecule has 0 saturated carbocycles. The average molecular weight is 302 g/mol. The molecule has 108 valence electrons. The molecule has 1 N–H and O–H groups in total. The molecule has 0 aliphatic heterocycles. The number of aromatic amines is 1. The van der Waals surface area contributed by atoms with E-state index in [0.29, 0.717) is 17.6 Å². The van der Waals surface area contributed by atoms with Gasteiger partial charge >= 0.3 is 0 Å². The lowest BCUT2D eigenvalue weighted by atomic mass is 10.1. The molecular formula is C16H15FN2OS. The number of aryl methyl sites for hydroxylation is 2. The van der Waals surface area contributed by atoms with Crippen molar-refractivity contribution in [3.05, 3.63) is 62.3 Å². The van der Waals surface area contributed by atoms with Crippen molar-refractivity contribution in [1.82, 2.24) is 9.97 Å². The monoisotopic (exact) mass is 302 g/mol. The van der Waals surface area contributed by atoms with Crippen LogP contribution >= 0.6 is 11.3 Å². The van der Waals surface area contributed by atoms with E-state index in [4.69, 9.17) is 0 Å². The summed E-state index contributed by atoms with van der Waals surface area (Å²) in [6, 6.07) is 6.34. The largest absolute Gasteiger partial charge is 0.310 e. The van der Waals surface area contributed by atoms with E-state index in [1.165, 1.54) is 12.1 Å². The van der Waals surface area contributed by atoms with E-state index >= 15 is 0 Å². The van der Waals surface area contributed by atoms with Gasteiger partial charge in [-0.25, -0.2) is 9.37 Å². The summed E-state index contributed by atoms with van der Waals surface area (Å²) >= 11 is 1.54. The summed E-state index contributed by atoms with van der Waals surface area (Å²) in [5.74, 6) is 0.290. The van der Waals surface area contributed by atoms with Gasteiger partial charge in [0.15, 0.2) is 0 Å². The molecule has 2 heterocycles. The van der Waals surface area contributed by atoms with Crippen LogP contribution < -0.4 is 5.56 Å². The lowest BCUT2D eigenvalue weighted by molar-refractivity contribution is 0.626. The summed E-state index contributed by atoms with van der Waals surface area (Å²) in [5, 5.41) is 0.697. The molecule has 0 unspecified atom stereocenters. The van der Waals surface area contributed by atoms with Gasteiger partial charge in [0.05, 0.1) is 5.39 Å². The predicted molar refractivity (Wildman–Crippen MR) is 83.6 cm³/mol. The highest BCUT2D eigenvalue weighted by Crippen LogP contribution is 2.27. The highest BCUT2D eigenvalue weighted by atomic mass is 32.1. The van der Waals surface area contributed by atoms with Gasteiger partial charge in [-0.05, 0) is 36.6 Å². The number of H-pyrrole nitrogens is 1. The first kappa shape index (κ1) is 13.9. The minimum Gasteiger partial charge on any atom is -0.310 e. The average Bonchev–Trinajstić information content (AvgIpc) is 2.74. The zero-order chi connectivity index (χ0) is 15.0. The van der Waals surface area contributed by atoms with Gasteiger partial charge in [0.2, 0.25) is 0 Å².